The van der Waals surface area contributed by atoms with Gasteiger partial charge in [-0.15, -0.1) is 11.8 Å². The number of carbonyl (C=O) groups is 2. The number of halogens is 1. The van der Waals surface area contributed by atoms with E-state index in [9.17, 15) is 9.59 Å². The molecule has 41 heavy (non-hydrogen) atoms. The predicted octanol–water partition coefficient (Wildman–Crippen LogP) is 7.90. The summed E-state index contributed by atoms with van der Waals surface area (Å²) in [5.74, 6) is 1.46. The van der Waals surface area contributed by atoms with Gasteiger partial charge < -0.3 is 9.64 Å². The van der Waals surface area contributed by atoms with Gasteiger partial charge in [-0.2, -0.15) is 0 Å². The molecule has 0 radical (unpaired) electrons. The zero-order valence-corrected chi connectivity index (χ0v) is 24.6. The smallest absolute Gasteiger partial charge is 0.269 e. The van der Waals surface area contributed by atoms with Crippen LogP contribution in [-0.4, -0.2) is 23.1 Å². The summed E-state index contributed by atoms with van der Waals surface area (Å²) in [5.41, 5.74) is 3.85. The van der Waals surface area contributed by atoms with Crippen LogP contribution in [0.4, 0.5) is 11.4 Å². The van der Waals surface area contributed by atoms with Crippen molar-refractivity contribution in [3.05, 3.63) is 119 Å². The van der Waals surface area contributed by atoms with Gasteiger partial charge >= 0.3 is 0 Å². The molecule has 5 nitrogen and oxygen atoms in total. The fourth-order valence-corrected chi connectivity index (χ4v) is 8.46. The SMILES string of the molecule is CC1(c2ccc(Cl)cc2)CC(C)(C)N2C(=O)C3(SCC(=O)N3c3ccc(Oc4ccccc4)cc3)c3cccc1c32. The summed E-state index contributed by atoms with van der Waals surface area (Å²) in [5, 5.41) is 0.693. The van der Waals surface area contributed by atoms with Crippen LogP contribution in [0, 0.1) is 0 Å². The third-order valence-corrected chi connectivity index (χ3v) is 10.3. The minimum Gasteiger partial charge on any atom is -0.457 e. The molecule has 3 aliphatic heterocycles. The summed E-state index contributed by atoms with van der Waals surface area (Å²) in [6, 6.07) is 31.2. The molecule has 7 heteroatoms. The van der Waals surface area contributed by atoms with E-state index >= 15 is 0 Å². The summed E-state index contributed by atoms with van der Waals surface area (Å²) in [6.07, 6.45) is 0.726. The maximum absolute atomic E-state index is 14.7. The van der Waals surface area contributed by atoms with Gasteiger partial charge in [0.2, 0.25) is 10.8 Å². The number of hydrogen-bond donors (Lipinski definition) is 0. The van der Waals surface area contributed by atoms with Crippen LogP contribution in [-0.2, 0) is 19.9 Å². The Bertz CT molecular complexity index is 1690. The van der Waals surface area contributed by atoms with Gasteiger partial charge in [0, 0.05) is 27.2 Å². The second-order valence-corrected chi connectivity index (χ2v) is 13.3. The zero-order valence-electron chi connectivity index (χ0n) is 23.1. The molecule has 2 amide bonds. The number of ether oxygens (including phenoxy) is 1. The van der Waals surface area contributed by atoms with Crippen molar-refractivity contribution >= 4 is 46.6 Å². The van der Waals surface area contributed by atoms with Crippen LogP contribution >= 0.6 is 23.4 Å². The Kier molecular flexibility index (Phi) is 5.83. The van der Waals surface area contributed by atoms with Crippen molar-refractivity contribution in [1.82, 2.24) is 0 Å². The number of para-hydroxylation sites is 2. The molecular formula is C34H29ClN2O3S. The molecule has 3 aliphatic rings. The topological polar surface area (TPSA) is 49.9 Å². The molecule has 0 saturated carbocycles. The third kappa shape index (κ3) is 3.77. The van der Waals surface area contributed by atoms with Gasteiger partial charge in [0.25, 0.3) is 5.91 Å². The first-order valence-electron chi connectivity index (χ1n) is 13.7. The van der Waals surface area contributed by atoms with Crippen LogP contribution < -0.4 is 14.5 Å². The largest absolute Gasteiger partial charge is 0.457 e. The maximum atomic E-state index is 14.7. The van der Waals surface area contributed by atoms with Gasteiger partial charge in [-0.1, -0.05) is 67.1 Å². The summed E-state index contributed by atoms with van der Waals surface area (Å²) >= 11 is 7.66. The molecule has 1 fully saturated rings. The van der Waals surface area contributed by atoms with Gasteiger partial charge in [-0.25, -0.2) is 0 Å². The average Bonchev–Trinajstić information content (AvgIpc) is 3.44. The quantitative estimate of drug-likeness (QED) is 0.246. The molecule has 0 N–H and O–H groups in total. The number of benzene rings is 4. The normalized spacial score (nSPS) is 24.2. The molecule has 4 aromatic carbocycles. The first kappa shape index (κ1) is 26.2. The van der Waals surface area contributed by atoms with E-state index in [0.717, 1.165) is 34.5 Å². The average molecular weight is 581 g/mol. The van der Waals surface area contributed by atoms with Crippen molar-refractivity contribution in [1.29, 1.82) is 0 Å². The van der Waals surface area contributed by atoms with Crippen LogP contribution in [0.25, 0.3) is 0 Å². The van der Waals surface area contributed by atoms with E-state index in [0.29, 0.717) is 16.5 Å². The number of thioether (sulfide) groups is 1. The van der Waals surface area contributed by atoms with Crippen LogP contribution in [0.3, 0.4) is 0 Å². The lowest BCUT2D eigenvalue weighted by Crippen LogP contribution is -2.58. The van der Waals surface area contributed by atoms with Crippen molar-refractivity contribution in [2.45, 2.75) is 43.0 Å². The molecule has 0 bridgehead atoms. The van der Waals surface area contributed by atoms with Gasteiger partial charge in [0.15, 0.2) is 0 Å². The monoisotopic (exact) mass is 580 g/mol. The highest BCUT2D eigenvalue weighted by molar-refractivity contribution is 8.02. The second-order valence-electron chi connectivity index (χ2n) is 11.7. The number of rotatable bonds is 4. The van der Waals surface area contributed by atoms with Crippen LogP contribution in [0.15, 0.2) is 97.1 Å². The standard InChI is InChI=1S/C34H29ClN2O3S/c1-32(2)21-33(3,22-12-14-23(35)15-13-22)27-10-7-11-28-30(27)37(32)31(39)34(28)36(29(38)20-41-34)24-16-18-26(19-17-24)40-25-8-5-4-6-9-25/h4-19H,20-21H2,1-3H3. The Balaban J connectivity index is 1.36. The lowest BCUT2D eigenvalue weighted by Gasteiger charge is -2.50. The number of hydrogen-bond acceptors (Lipinski definition) is 4. The van der Waals surface area contributed by atoms with E-state index in [1.54, 1.807) is 4.90 Å². The Labute approximate surface area is 249 Å². The molecule has 4 aromatic rings. The predicted molar refractivity (Wildman–Crippen MR) is 165 cm³/mol. The minimum atomic E-state index is -1.17. The van der Waals surface area contributed by atoms with Crippen molar-refractivity contribution < 1.29 is 14.3 Å². The maximum Gasteiger partial charge on any atom is 0.269 e. The van der Waals surface area contributed by atoms with Crippen LogP contribution in [0.2, 0.25) is 5.02 Å². The van der Waals surface area contributed by atoms with Crippen molar-refractivity contribution in [3.63, 3.8) is 0 Å². The van der Waals surface area contributed by atoms with Crippen molar-refractivity contribution in [2.24, 2.45) is 0 Å². The molecule has 1 spiro atoms. The lowest BCUT2D eigenvalue weighted by molar-refractivity contribution is -0.124. The van der Waals surface area contributed by atoms with E-state index < -0.39 is 10.4 Å². The number of anilines is 2. The van der Waals surface area contributed by atoms with Gasteiger partial charge in [-0.05, 0) is 79.9 Å². The van der Waals surface area contributed by atoms with Crippen molar-refractivity contribution in [2.75, 3.05) is 15.6 Å². The fraction of sp³-hybridized carbons (Fsp3) is 0.235. The molecule has 1 saturated heterocycles. The number of fused-ring (bicyclic) bond motifs is 1. The van der Waals surface area contributed by atoms with E-state index in [1.165, 1.54) is 11.8 Å². The highest BCUT2D eigenvalue weighted by atomic mass is 35.5. The lowest BCUT2D eigenvalue weighted by atomic mass is 9.65. The van der Waals surface area contributed by atoms with E-state index in [4.69, 9.17) is 16.3 Å². The summed E-state index contributed by atoms with van der Waals surface area (Å²) in [6.45, 7) is 6.50. The molecule has 3 heterocycles. The van der Waals surface area contributed by atoms with Gasteiger partial charge in [0.1, 0.15) is 11.5 Å². The van der Waals surface area contributed by atoms with Gasteiger partial charge in [0.05, 0.1) is 11.4 Å². The zero-order chi connectivity index (χ0) is 28.6. The molecule has 2 atom stereocenters. The van der Waals surface area contributed by atoms with E-state index in [1.807, 2.05) is 83.8 Å². The first-order valence-corrected chi connectivity index (χ1v) is 15.1. The highest BCUT2D eigenvalue weighted by Crippen LogP contribution is 2.63. The highest BCUT2D eigenvalue weighted by Gasteiger charge is 2.65. The van der Waals surface area contributed by atoms with Crippen LogP contribution in [0.5, 0.6) is 11.5 Å². The molecular weight excluding hydrogens is 552 g/mol. The number of amides is 2. The number of nitrogens with zero attached hydrogens (tertiary/aromatic N) is 2. The Morgan fingerprint density at radius 2 is 1.41 bits per heavy atom. The Morgan fingerprint density at radius 3 is 2.12 bits per heavy atom. The fourth-order valence-electron chi connectivity index (χ4n) is 7.00. The van der Waals surface area contributed by atoms with Crippen molar-refractivity contribution in [3.8, 4) is 11.5 Å². The second kappa shape index (κ2) is 9.13. The summed E-state index contributed by atoms with van der Waals surface area (Å²) in [4.78, 5) is 30.8. The Morgan fingerprint density at radius 1 is 0.756 bits per heavy atom. The van der Waals surface area contributed by atoms with E-state index in [2.05, 4.69) is 39.0 Å². The molecule has 7 rings (SSSR count). The number of carbonyl (C=O) groups excluding carboxylic acids is 2. The summed E-state index contributed by atoms with van der Waals surface area (Å²) < 4.78 is 5.98. The summed E-state index contributed by atoms with van der Waals surface area (Å²) in [7, 11) is 0. The molecule has 0 aliphatic carbocycles. The molecule has 0 aromatic heterocycles. The molecule has 206 valence electrons. The third-order valence-electron chi connectivity index (χ3n) is 8.63. The minimum absolute atomic E-state index is 0.0661. The molecule has 2 unspecified atom stereocenters. The first-order chi connectivity index (χ1) is 19.6. The van der Waals surface area contributed by atoms with Crippen LogP contribution in [0.1, 0.15) is 43.9 Å². The Hall–Kier alpha value is -3.74. The van der Waals surface area contributed by atoms with E-state index in [-0.39, 0.29) is 23.0 Å². The van der Waals surface area contributed by atoms with Gasteiger partial charge in [-0.3, -0.25) is 14.5 Å².